The molecule has 1 heterocycles. The molecule has 1 aliphatic rings. The third kappa shape index (κ3) is 4.15. The molecule has 4 heteroatoms. The molecule has 0 aromatic heterocycles. The van der Waals surface area contributed by atoms with Gasteiger partial charge in [0.15, 0.2) is 0 Å². The molecule has 24 heavy (non-hydrogen) atoms. The maximum atomic E-state index is 12.1. The minimum Gasteiger partial charge on any atom is -0.375 e. The normalized spacial score (nSPS) is 20.7. The molecule has 1 aliphatic heterocycles. The highest BCUT2D eigenvalue weighted by Crippen LogP contribution is 2.23. The first-order valence-corrected chi connectivity index (χ1v) is 8.44. The van der Waals surface area contributed by atoms with Crippen molar-refractivity contribution in [3.05, 3.63) is 60.2 Å². The van der Waals surface area contributed by atoms with E-state index in [4.69, 9.17) is 4.74 Å². The highest BCUT2D eigenvalue weighted by Gasteiger charge is 2.23. The van der Waals surface area contributed by atoms with Crippen molar-refractivity contribution < 1.29 is 9.53 Å². The average Bonchev–Trinajstić information content (AvgIpc) is 2.59. The zero-order valence-corrected chi connectivity index (χ0v) is 14.2. The lowest BCUT2D eigenvalue weighted by atomic mass is 10.1. The first-order chi connectivity index (χ1) is 11.6. The van der Waals surface area contributed by atoms with E-state index in [-0.39, 0.29) is 12.0 Å². The Balaban J connectivity index is 1.61. The van der Waals surface area contributed by atoms with E-state index >= 15 is 0 Å². The first kappa shape index (κ1) is 16.5. The Morgan fingerprint density at radius 1 is 1.12 bits per heavy atom. The van der Waals surface area contributed by atoms with Gasteiger partial charge in [0.2, 0.25) is 5.91 Å². The summed E-state index contributed by atoms with van der Waals surface area (Å²) in [5.74, 6) is 0.00214. The third-order valence-corrected chi connectivity index (χ3v) is 4.30. The minimum absolute atomic E-state index is 0.00214. The van der Waals surface area contributed by atoms with Gasteiger partial charge in [0.05, 0.1) is 19.1 Å². The molecule has 1 saturated heterocycles. The van der Waals surface area contributed by atoms with Gasteiger partial charge in [-0.2, -0.15) is 0 Å². The standard InChI is InChI=1S/C20H24N2O2/c1-15-14-24-16(2)13-22(15)19-10-8-18(9-11-19)21-20(23)12-17-6-4-3-5-7-17/h3-11,15-16H,12-14H2,1-2H3,(H,21,23). The van der Waals surface area contributed by atoms with Gasteiger partial charge in [-0.3, -0.25) is 4.79 Å². The van der Waals surface area contributed by atoms with Gasteiger partial charge in [0.25, 0.3) is 0 Å². The van der Waals surface area contributed by atoms with Gasteiger partial charge in [0.1, 0.15) is 0 Å². The first-order valence-electron chi connectivity index (χ1n) is 8.44. The predicted octanol–water partition coefficient (Wildman–Crippen LogP) is 3.48. The van der Waals surface area contributed by atoms with E-state index in [0.717, 1.165) is 24.4 Å². The lowest BCUT2D eigenvalue weighted by Gasteiger charge is -2.38. The predicted molar refractivity (Wildman–Crippen MR) is 97.4 cm³/mol. The average molecular weight is 324 g/mol. The van der Waals surface area contributed by atoms with Crippen LogP contribution in [-0.4, -0.2) is 31.2 Å². The molecular weight excluding hydrogens is 300 g/mol. The topological polar surface area (TPSA) is 41.6 Å². The van der Waals surface area contributed by atoms with Crippen molar-refractivity contribution >= 4 is 17.3 Å². The summed E-state index contributed by atoms with van der Waals surface area (Å²) >= 11 is 0. The molecular formula is C20H24N2O2. The van der Waals surface area contributed by atoms with Crippen molar-refractivity contribution in [3.63, 3.8) is 0 Å². The van der Waals surface area contributed by atoms with Crippen LogP contribution in [0.2, 0.25) is 0 Å². The molecule has 0 aliphatic carbocycles. The third-order valence-electron chi connectivity index (χ3n) is 4.30. The van der Waals surface area contributed by atoms with E-state index in [1.54, 1.807) is 0 Å². The van der Waals surface area contributed by atoms with Gasteiger partial charge in [-0.15, -0.1) is 0 Å². The SMILES string of the molecule is CC1CN(c2ccc(NC(=O)Cc3ccccc3)cc2)C(C)CO1. The van der Waals surface area contributed by atoms with Crippen LogP contribution in [0.3, 0.4) is 0 Å². The van der Waals surface area contributed by atoms with Crippen LogP contribution in [0.4, 0.5) is 11.4 Å². The van der Waals surface area contributed by atoms with E-state index in [2.05, 4.69) is 36.2 Å². The molecule has 0 spiro atoms. The van der Waals surface area contributed by atoms with E-state index < -0.39 is 0 Å². The summed E-state index contributed by atoms with van der Waals surface area (Å²) in [6, 6.07) is 18.2. The Hall–Kier alpha value is -2.33. The largest absolute Gasteiger partial charge is 0.375 e. The lowest BCUT2D eigenvalue weighted by Crippen LogP contribution is -2.47. The molecule has 1 fully saturated rings. The molecule has 2 atom stereocenters. The van der Waals surface area contributed by atoms with Crippen LogP contribution in [-0.2, 0) is 16.0 Å². The van der Waals surface area contributed by atoms with Crippen molar-refractivity contribution in [2.75, 3.05) is 23.4 Å². The Kier molecular flexibility index (Phi) is 5.16. The van der Waals surface area contributed by atoms with Crippen LogP contribution < -0.4 is 10.2 Å². The Morgan fingerprint density at radius 2 is 1.83 bits per heavy atom. The lowest BCUT2D eigenvalue weighted by molar-refractivity contribution is -0.115. The number of hydrogen-bond donors (Lipinski definition) is 1. The van der Waals surface area contributed by atoms with Gasteiger partial charge >= 0.3 is 0 Å². The quantitative estimate of drug-likeness (QED) is 0.936. The molecule has 1 N–H and O–H groups in total. The van der Waals surface area contributed by atoms with Crippen LogP contribution in [0.15, 0.2) is 54.6 Å². The number of carbonyl (C=O) groups excluding carboxylic acids is 1. The fourth-order valence-electron chi connectivity index (χ4n) is 2.99. The summed E-state index contributed by atoms with van der Waals surface area (Å²) in [5, 5.41) is 2.96. The molecule has 126 valence electrons. The van der Waals surface area contributed by atoms with E-state index in [0.29, 0.717) is 12.5 Å². The van der Waals surface area contributed by atoms with E-state index in [9.17, 15) is 4.79 Å². The summed E-state index contributed by atoms with van der Waals surface area (Å²) < 4.78 is 5.68. The van der Waals surface area contributed by atoms with E-state index in [1.165, 1.54) is 5.69 Å². The number of rotatable bonds is 4. The number of anilines is 2. The minimum atomic E-state index is 0.00214. The zero-order chi connectivity index (χ0) is 16.9. The Labute approximate surface area is 143 Å². The molecule has 3 rings (SSSR count). The summed E-state index contributed by atoms with van der Waals surface area (Å²) in [6.07, 6.45) is 0.632. The number of benzene rings is 2. The molecule has 2 unspecified atom stereocenters. The van der Waals surface area contributed by atoms with Gasteiger partial charge in [0, 0.05) is 24.0 Å². The second-order valence-corrected chi connectivity index (χ2v) is 6.40. The molecule has 0 bridgehead atoms. The van der Waals surface area contributed by atoms with Gasteiger partial charge in [-0.25, -0.2) is 0 Å². The number of carbonyl (C=O) groups is 1. The number of morpholine rings is 1. The zero-order valence-electron chi connectivity index (χ0n) is 14.2. The van der Waals surface area contributed by atoms with Crippen LogP contribution in [0.25, 0.3) is 0 Å². The highest BCUT2D eigenvalue weighted by atomic mass is 16.5. The maximum absolute atomic E-state index is 12.1. The molecule has 0 saturated carbocycles. The van der Waals surface area contributed by atoms with Crippen molar-refractivity contribution in [2.24, 2.45) is 0 Å². The molecule has 0 radical (unpaired) electrons. The second-order valence-electron chi connectivity index (χ2n) is 6.40. The molecule has 4 nitrogen and oxygen atoms in total. The fraction of sp³-hybridized carbons (Fsp3) is 0.350. The second kappa shape index (κ2) is 7.49. The number of hydrogen-bond acceptors (Lipinski definition) is 3. The molecule has 1 amide bonds. The van der Waals surface area contributed by atoms with Gasteiger partial charge in [-0.05, 0) is 43.7 Å². The Morgan fingerprint density at radius 3 is 2.54 bits per heavy atom. The molecule has 2 aromatic carbocycles. The number of ether oxygens (including phenoxy) is 1. The van der Waals surface area contributed by atoms with Gasteiger partial charge in [-0.1, -0.05) is 30.3 Å². The number of amides is 1. The van der Waals surface area contributed by atoms with Gasteiger partial charge < -0.3 is 15.0 Å². The monoisotopic (exact) mass is 324 g/mol. The maximum Gasteiger partial charge on any atom is 0.228 e. The summed E-state index contributed by atoms with van der Waals surface area (Å²) in [4.78, 5) is 14.5. The summed E-state index contributed by atoms with van der Waals surface area (Å²) in [6.45, 7) is 5.90. The van der Waals surface area contributed by atoms with Crippen LogP contribution in [0.5, 0.6) is 0 Å². The smallest absolute Gasteiger partial charge is 0.228 e. The summed E-state index contributed by atoms with van der Waals surface area (Å²) in [7, 11) is 0. The van der Waals surface area contributed by atoms with E-state index in [1.807, 2.05) is 42.5 Å². The fourth-order valence-corrected chi connectivity index (χ4v) is 2.99. The van der Waals surface area contributed by atoms with Crippen LogP contribution in [0, 0.1) is 0 Å². The van der Waals surface area contributed by atoms with Crippen molar-refractivity contribution in [1.82, 2.24) is 0 Å². The van der Waals surface area contributed by atoms with Crippen LogP contribution >= 0.6 is 0 Å². The van der Waals surface area contributed by atoms with Crippen molar-refractivity contribution in [3.8, 4) is 0 Å². The van der Waals surface area contributed by atoms with Crippen LogP contribution in [0.1, 0.15) is 19.4 Å². The molecule has 2 aromatic rings. The highest BCUT2D eigenvalue weighted by molar-refractivity contribution is 5.92. The van der Waals surface area contributed by atoms with Crippen molar-refractivity contribution in [1.29, 1.82) is 0 Å². The Bertz CT molecular complexity index is 670. The number of nitrogens with one attached hydrogen (secondary N) is 1. The number of nitrogens with zero attached hydrogens (tertiary/aromatic N) is 1. The summed E-state index contributed by atoms with van der Waals surface area (Å²) in [5.41, 5.74) is 3.01. The van der Waals surface area contributed by atoms with Crippen molar-refractivity contribution in [2.45, 2.75) is 32.4 Å².